The van der Waals surface area contributed by atoms with Crippen LogP contribution in [0.4, 0.5) is 10.5 Å². The van der Waals surface area contributed by atoms with Crippen LogP contribution in [0.5, 0.6) is 11.5 Å². The fraction of sp³-hybridized carbons (Fsp3) is 0.548. The highest BCUT2D eigenvalue weighted by Crippen LogP contribution is 2.61. The predicted molar refractivity (Wildman–Crippen MR) is 151 cm³/mol. The van der Waals surface area contributed by atoms with Gasteiger partial charge in [0.05, 0.1) is 26.9 Å². The highest BCUT2D eigenvalue weighted by Gasteiger charge is 2.60. The molecule has 40 heavy (non-hydrogen) atoms. The van der Waals surface area contributed by atoms with E-state index in [0.29, 0.717) is 49.4 Å². The Morgan fingerprint density at radius 1 is 1.00 bits per heavy atom. The number of hydrogen-bond donors (Lipinski definition) is 4. The molecule has 2 amide bonds. The van der Waals surface area contributed by atoms with Gasteiger partial charge >= 0.3 is 6.09 Å². The van der Waals surface area contributed by atoms with Gasteiger partial charge in [0.15, 0.2) is 0 Å². The summed E-state index contributed by atoms with van der Waals surface area (Å²) in [7, 11) is 3.17. The third kappa shape index (κ3) is 6.05. The molecule has 9 heteroatoms. The second-order valence-corrected chi connectivity index (χ2v) is 11.6. The zero-order valence-electron chi connectivity index (χ0n) is 23.8. The van der Waals surface area contributed by atoms with Gasteiger partial charge in [0.1, 0.15) is 17.6 Å². The van der Waals surface area contributed by atoms with Gasteiger partial charge in [0, 0.05) is 29.6 Å². The van der Waals surface area contributed by atoms with Gasteiger partial charge in [-0.25, -0.2) is 4.79 Å². The topological polar surface area (TPSA) is 126 Å². The van der Waals surface area contributed by atoms with Gasteiger partial charge < -0.3 is 29.7 Å². The lowest BCUT2D eigenvalue weighted by Gasteiger charge is -2.60. The summed E-state index contributed by atoms with van der Waals surface area (Å²) in [6.45, 7) is 4.23. The molecule has 0 aromatic heterocycles. The normalized spacial score (nSPS) is 29.6. The summed E-state index contributed by atoms with van der Waals surface area (Å²) in [4.78, 5) is 25.9. The van der Waals surface area contributed by atoms with E-state index in [1.165, 1.54) is 0 Å². The number of hydrogen-bond acceptors (Lipinski definition) is 7. The molecule has 0 spiro atoms. The van der Waals surface area contributed by atoms with E-state index in [2.05, 4.69) is 17.6 Å². The molecular weight excluding hydrogens is 512 g/mol. The number of amides is 2. The Labute approximate surface area is 236 Å². The molecular formula is C31H42N2O7. The first kappa shape index (κ1) is 29.7. The number of aliphatic hydroxyl groups excluding tert-OH is 2. The van der Waals surface area contributed by atoms with Crippen LogP contribution in [0.25, 0.3) is 0 Å². The summed E-state index contributed by atoms with van der Waals surface area (Å²) < 4.78 is 16.5. The van der Waals surface area contributed by atoms with Crippen LogP contribution in [0, 0.1) is 22.7 Å². The molecule has 0 bridgehead atoms. The average molecular weight is 555 g/mol. The van der Waals surface area contributed by atoms with E-state index in [4.69, 9.17) is 14.2 Å². The van der Waals surface area contributed by atoms with E-state index in [-0.39, 0.29) is 30.8 Å². The van der Waals surface area contributed by atoms with Crippen LogP contribution in [-0.2, 0) is 16.1 Å². The van der Waals surface area contributed by atoms with Crippen molar-refractivity contribution in [2.75, 3.05) is 26.1 Å². The van der Waals surface area contributed by atoms with Gasteiger partial charge in [-0.2, -0.15) is 0 Å². The Bertz CT molecular complexity index is 1170. The largest absolute Gasteiger partial charge is 0.497 e. The first-order valence-corrected chi connectivity index (χ1v) is 13.9. The van der Waals surface area contributed by atoms with Gasteiger partial charge in [-0.05, 0) is 73.3 Å². The van der Waals surface area contributed by atoms with E-state index >= 15 is 0 Å². The molecule has 0 unspecified atom stereocenters. The minimum Gasteiger partial charge on any atom is -0.497 e. The number of carbonyl (C=O) groups excluding carboxylic acids is 2. The van der Waals surface area contributed by atoms with Crippen molar-refractivity contribution in [1.29, 1.82) is 0 Å². The quantitative estimate of drug-likeness (QED) is 0.359. The van der Waals surface area contributed by atoms with Crippen LogP contribution in [0.1, 0.15) is 51.5 Å². The zero-order valence-corrected chi connectivity index (χ0v) is 23.8. The SMILES string of the molecule is COc1ccc(NC(=O)O[C@@H]2CC[C@]3(C)[C@@H](CC[C@@H](O)[C@H]3CC(=O)NCc3ccccc3OC)[C@]2(C)CO)cc1. The predicted octanol–water partition coefficient (Wildman–Crippen LogP) is 4.51. The monoisotopic (exact) mass is 554 g/mol. The molecule has 2 fully saturated rings. The lowest BCUT2D eigenvalue weighted by Crippen LogP contribution is -2.61. The Morgan fingerprint density at radius 2 is 1.73 bits per heavy atom. The molecule has 2 aromatic carbocycles. The van der Waals surface area contributed by atoms with Crippen molar-refractivity contribution in [3.63, 3.8) is 0 Å². The molecule has 2 saturated carbocycles. The van der Waals surface area contributed by atoms with Crippen LogP contribution in [0.2, 0.25) is 0 Å². The molecule has 2 aromatic rings. The third-order valence-corrected chi connectivity index (χ3v) is 9.34. The van der Waals surface area contributed by atoms with Gasteiger partial charge in [0.25, 0.3) is 0 Å². The second kappa shape index (κ2) is 12.5. The smallest absolute Gasteiger partial charge is 0.411 e. The molecule has 0 radical (unpaired) electrons. The molecule has 0 aliphatic heterocycles. The lowest BCUT2D eigenvalue weighted by molar-refractivity contribution is -0.185. The summed E-state index contributed by atoms with van der Waals surface area (Å²) in [6.07, 6.45) is 0.831. The maximum absolute atomic E-state index is 13.1. The number of benzene rings is 2. The maximum atomic E-state index is 13.1. The van der Waals surface area contributed by atoms with Gasteiger partial charge in [-0.3, -0.25) is 10.1 Å². The van der Waals surface area contributed by atoms with E-state index in [0.717, 1.165) is 5.56 Å². The fourth-order valence-corrected chi connectivity index (χ4v) is 7.05. The molecule has 0 heterocycles. The van der Waals surface area contributed by atoms with Crippen molar-refractivity contribution in [2.45, 2.75) is 64.7 Å². The van der Waals surface area contributed by atoms with Gasteiger partial charge in [-0.15, -0.1) is 0 Å². The fourth-order valence-electron chi connectivity index (χ4n) is 7.05. The van der Waals surface area contributed by atoms with E-state index in [1.807, 2.05) is 31.2 Å². The third-order valence-electron chi connectivity index (χ3n) is 9.34. The summed E-state index contributed by atoms with van der Waals surface area (Å²) in [6, 6.07) is 14.5. The van der Waals surface area contributed by atoms with Crippen molar-refractivity contribution < 1.29 is 34.0 Å². The van der Waals surface area contributed by atoms with Crippen LogP contribution < -0.4 is 20.1 Å². The van der Waals surface area contributed by atoms with Crippen LogP contribution in [0.15, 0.2) is 48.5 Å². The lowest BCUT2D eigenvalue weighted by atomic mass is 9.46. The number of rotatable bonds is 9. The first-order valence-electron chi connectivity index (χ1n) is 13.9. The highest BCUT2D eigenvalue weighted by molar-refractivity contribution is 5.84. The number of methoxy groups -OCH3 is 2. The number of ether oxygens (including phenoxy) is 3. The van der Waals surface area contributed by atoms with Crippen LogP contribution >= 0.6 is 0 Å². The molecule has 9 nitrogen and oxygen atoms in total. The van der Waals surface area contributed by atoms with Crippen LogP contribution in [-0.4, -0.2) is 55.2 Å². The molecule has 4 N–H and O–H groups in total. The number of fused-ring (bicyclic) bond motifs is 1. The molecule has 2 aliphatic rings. The Balaban J connectivity index is 1.44. The van der Waals surface area contributed by atoms with Gasteiger partial charge in [-0.1, -0.05) is 32.0 Å². The molecule has 4 rings (SSSR count). The summed E-state index contributed by atoms with van der Waals surface area (Å²) in [5.41, 5.74) is 0.321. The second-order valence-electron chi connectivity index (χ2n) is 11.6. The Kier molecular flexibility index (Phi) is 9.26. The molecule has 0 saturated heterocycles. The van der Waals surface area contributed by atoms with Crippen molar-refractivity contribution in [2.24, 2.45) is 22.7 Å². The zero-order chi connectivity index (χ0) is 28.9. The Morgan fingerprint density at radius 3 is 2.40 bits per heavy atom. The van der Waals surface area contributed by atoms with Crippen molar-refractivity contribution >= 4 is 17.7 Å². The minimum absolute atomic E-state index is 0.0482. The number of anilines is 1. The average Bonchev–Trinajstić information content (AvgIpc) is 2.96. The van der Waals surface area contributed by atoms with E-state index in [1.54, 1.807) is 38.5 Å². The van der Waals surface area contributed by atoms with E-state index < -0.39 is 29.1 Å². The standard InChI is InChI=1S/C31H42N2O7/c1-30-16-15-27(40-29(37)33-21-9-11-22(38-3)12-10-21)31(2,19-34)26(30)14-13-24(35)23(30)17-28(36)32-18-20-7-5-6-8-25(20)39-4/h5-12,23-24,26-27,34-35H,13-19H2,1-4H3,(H,32,36)(H,33,37)/t23-,24-,26-,27-,30+,31+/m1/s1. The molecule has 218 valence electrons. The van der Waals surface area contributed by atoms with E-state index in [9.17, 15) is 19.8 Å². The first-order chi connectivity index (χ1) is 19.1. The highest BCUT2D eigenvalue weighted by atomic mass is 16.6. The van der Waals surface area contributed by atoms with Crippen molar-refractivity contribution in [3.8, 4) is 11.5 Å². The number of carbonyl (C=O) groups is 2. The maximum Gasteiger partial charge on any atom is 0.411 e. The van der Waals surface area contributed by atoms with Crippen molar-refractivity contribution in [1.82, 2.24) is 5.32 Å². The van der Waals surface area contributed by atoms with Crippen molar-refractivity contribution in [3.05, 3.63) is 54.1 Å². The molecule has 2 aliphatic carbocycles. The summed E-state index contributed by atoms with van der Waals surface area (Å²) in [5, 5.41) is 27.5. The molecule has 6 atom stereocenters. The van der Waals surface area contributed by atoms with Crippen LogP contribution in [0.3, 0.4) is 0 Å². The minimum atomic E-state index is -0.726. The van der Waals surface area contributed by atoms with Gasteiger partial charge in [0.2, 0.25) is 5.91 Å². The number of nitrogens with one attached hydrogen (secondary N) is 2. The summed E-state index contributed by atoms with van der Waals surface area (Å²) in [5.74, 6) is 0.915. The number of para-hydroxylation sites is 1. The Hall–Kier alpha value is -3.30. The number of aliphatic hydroxyl groups is 2. The summed E-state index contributed by atoms with van der Waals surface area (Å²) >= 11 is 0.